The van der Waals surface area contributed by atoms with E-state index in [0.29, 0.717) is 6.04 Å². The molecule has 2 aromatic carbocycles. The topological polar surface area (TPSA) is 3.24 Å². The van der Waals surface area contributed by atoms with Gasteiger partial charge in [0.2, 0.25) is 0 Å². The van der Waals surface area contributed by atoms with Gasteiger partial charge >= 0.3 is 0 Å². The van der Waals surface area contributed by atoms with Crippen molar-refractivity contribution in [2.45, 2.75) is 33.2 Å². The second kappa shape index (κ2) is 4.88. The number of allylic oxidation sites excluding steroid dienone is 2. The molecule has 1 aliphatic heterocycles. The summed E-state index contributed by atoms with van der Waals surface area (Å²) in [4.78, 5) is 2.50. The molecular weight excluding hydrogens is 266 g/mol. The van der Waals surface area contributed by atoms with Crippen molar-refractivity contribution in [3.8, 4) is 0 Å². The predicted molar refractivity (Wildman–Crippen MR) is 94.6 cm³/mol. The van der Waals surface area contributed by atoms with Crippen LogP contribution in [0.1, 0.15) is 30.0 Å². The summed E-state index contributed by atoms with van der Waals surface area (Å²) >= 11 is 0. The van der Waals surface area contributed by atoms with E-state index in [9.17, 15) is 0 Å². The van der Waals surface area contributed by atoms with Gasteiger partial charge in [-0.1, -0.05) is 47.1 Å². The van der Waals surface area contributed by atoms with Crippen LogP contribution in [0.25, 0.3) is 5.57 Å². The lowest BCUT2D eigenvalue weighted by Crippen LogP contribution is -2.27. The van der Waals surface area contributed by atoms with Crippen molar-refractivity contribution >= 4 is 16.9 Å². The molecule has 0 saturated heterocycles. The molecule has 0 bridgehead atoms. The first-order chi connectivity index (χ1) is 10.6. The van der Waals surface area contributed by atoms with Crippen LogP contribution >= 0.6 is 0 Å². The number of hydrogen-bond acceptors (Lipinski definition) is 1. The van der Waals surface area contributed by atoms with Gasteiger partial charge in [-0.15, -0.1) is 0 Å². The van der Waals surface area contributed by atoms with E-state index in [1.807, 2.05) is 0 Å². The molecule has 0 saturated carbocycles. The summed E-state index contributed by atoms with van der Waals surface area (Å²) in [5.74, 6) is 0. The molecule has 2 aromatic rings. The number of fused-ring (bicyclic) bond motifs is 3. The van der Waals surface area contributed by atoms with Crippen molar-refractivity contribution in [3.05, 3.63) is 76.9 Å². The smallest absolute Gasteiger partial charge is 0.0633 e. The van der Waals surface area contributed by atoms with E-state index in [1.165, 1.54) is 39.2 Å². The van der Waals surface area contributed by atoms with Crippen molar-refractivity contribution in [2.24, 2.45) is 0 Å². The monoisotopic (exact) mass is 287 g/mol. The number of rotatable bonds is 1. The Bertz CT molecular complexity index is 793. The average Bonchev–Trinajstić information content (AvgIpc) is 2.81. The minimum absolute atomic E-state index is 0.434. The molecule has 0 N–H and O–H groups in total. The molecule has 0 aromatic heterocycles. The van der Waals surface area contributed by atoms with Gasteiger partial charge in [0, 0.05) is 16.9 Å². The fourth-order valence-corrected chi connectivity index (χ4v) is 3.61. The van der Waals surface area contributed by atoms with E-state index in [1.54, 1.807) is 0 Å². The molecular formula is C21H21N. The van der Waals surface area contributed by atoms with Gasteiger partial charge in [-0.3, -0.25) is 0 Å². The van der Waals surface area contributed by atoms with Crippen LogP contribution in [-0.4, -0.2) is 6.04 Å². The highest BCUT2D eigenvalue weighted by molar-refractivity contribution is 5.93. The third-order valence-corrected chi connectivity index (χ3v) is 4.75. The molecule has 0 amide bonds. The highest BCUT2D eigenvalue weighted by atomic mass is 15.2. The maximum atomic E-state index is 2.50. The second-order valence-corrected chi connectivity index (χ2v) is 6.53. The molecule has 1 nitrogen and oxygen atoms in total. The fraction of sp³-hybridized carbons (Fsp3) is 0.238. The molecule has 110 valence electrons. The molecule has 1 atom stereocenters. The Morgan fingerprint density at radius 2 is 1.64 bits per heavy atom. The Morgan fingerprint density at radius 3 is 2.41 bits per heavy atom. The molecule has 1 unspecified atom stereocenters. The van der Waals surface area contributed by atoms with E-state index in [0.717, 1.165) is 6.42 Å². The van der Waals surface area contributed by atoms with Crippen LogP contribution in [-0.2, 0) is 0 Å². The van der Waals surface area contributed by atoms with Crippen LogP contribution in [0.2, 0.25) is 0 Å². The van der Waals surface area contributed by atoms with E-state index in [4.69, 9.17) is 0 Å². The summed E-state index contributed by atoms with van der Waals surface area (Å²) in [6, 6.07) is 16.2. The average molecular weight is 287 g/mol. The van der Waals surface area contributed by atoms with Gasteiger partial charge in [0.15, 0.2) is 0 Å². The second-order valence-electron chi connectivity index (χ2n) is 6.53. The lowest BCUT2D eigenvalue weighted by molar-refractivity contribution is 0.823. The van der Waals surface area contributed by atoms with Crippen molar-refractivity contribution in [1.29, 1.82) is 0 Å². The standard InChI is InChI=1S/C21H21N/c1-14-4-8-17(9-5-14)22-20-10-6-15(2)12-18(20)19-13-16(3)7-11-21(19)22/h4-10,12-13,21H,11H2,1-3H3. The first-order valence-electron chi connectivity index (χ1n) is 7.99. The fourth-order valence-electron chi connectivity index (χ4n) is 3.61. The van der Waals surface area contributed by atoms with Crippen molar-refractivity contribution < 1.29 is 0 Å². The maximum Gasteiger partial charge on any atom is 0.0633 e. The van der Waals surface area contributed by atoms with Gasteiger partial charge < -0.3 is 4.90 Å². The first kappa shape index (κ1) is 13.4. The van der Waals surface area contributed by atoms with Crippen LogP contribution in [0.3, 0.4) is 0 Å². The van der Waals surface area contributed by atoms with E-state index in [2.05, 4.69) is 80.3 Å². The first-order valence-corrected chi connectivity index (χ1v) is 7.99. The minimum atomic E-state index is 0.434. The van der Waals surface area contributed by atoms with Gasteiger partial charge in [0.25, 0.3) is 0 Å². The van der Waals surface area contributed by atoms with Crippen LogP contribution in [0.15, 0.2) is 60.2 Å². The van der Waals surface area contributed by atoms with Crippen LogP contribution in [0.5, 0.6) is 0 Å². The summed E-state index contributed by atoms with van der Waals surface area (Å²) in [6.45, 7) is 6.52. The van der Waals surface area contributed by atoms with Crippen molar-refractivity contribution in [3.63, 3.8) is 0 Å². The van der Waals surface area contributed by atoms with Crippen molar-refractivity contribution in [1.82, 2.24) is 0 Å². The summed E-state index contributed by atoms with van der Waals surface area (Å²) in [7, 11) is 0. The quantitative estimate of drug-likeness (QED) is 0.664. The van der Waals surface area contributed by atoms with E-state index < -0.39 is 0 Å². The Kier molecular flexibility index (Phi) is 2.97. The van der Waals surface area contributed by atoms with Crippen LogP contribution in [0, 0.1) is 13.8 Å². The highest BCUT2D eigenvalue weighted by Crippen LogP contribution is 2.48. The Hall–Kier alpha value is -2.28. The van der Waals surface area contributed by atoms with Crippen LogP contribution < -0.4 is 4.90 Å². The zero-order valence-corrected chi connectivity index (χ0v) is 13.4. The Morgan fingerprint density at radius 1 is 0.909 bits per heavy atom. The lowest BCUT2D eigenvalue weighted by atomic mass is 9.92. The number of nitrogens with zero attached hydrogens (tertiary/aromatic N) is 1. The van der Waals surface area contributed by atoms with Gasteiger partial charge in [0.1, 0.15) is 0 Å². The number of hydrogen-bond donors (Lipinski definition) is 0. The minimum Gasteiger partial charge on any atom is -0.333 e. The van der Waals surface area contributed by atoms with Gasteiger partial charge in [-0.05, 0) is 57.0 Å². The molecule has 1 heteroatoms. The number of benzene rings is 2. The summed E-state index contributed by atoms with van der Waals surface area (Å²) in [5, 5.41) is 0. The summed E-state index contributed by atoms with van der Waals surface area (Å²) in [5.41, 5.74) is 9.52. The predicted octanol–water partition coefficient (Wildman–Crippen LogP) is 5.56. The van der Waals surface area contributed by atoms with Gasteiger partial charge in [-0.25, -0.2) is 0 Å². The summed E-state index contributed by atoms with van der Waals surface area (Å²) < 4.78 is 0. The third-order valence-electron chi connectivity index (χ3n) is 4.75. The number of anilines is 2. The normalized spacial score (nSPS) is 19.4. The van der Waals surface area contributed by atoms with E-state index >= 15 is 0 Å². The maximum absolute atomic E-state index is 2.50. The molecule has 0 radical (unpaired) electrons. The van der Waals surface area contributed by atoms with Gasteiger partial charge in [-0.2, -0.15) is 0 Å². The molecule has 0 fully saturated rings. The largest absolute Gasteiger partial charge is 0.333 e. The molecule has 4 rings (SSSR count). The number of aryl methyl sites for hydroxylation is 2. The Balaban J connectivity index is 1.90. The molecule has 1 aliphatic carbocycles. The highest BCUT2D eigenvalue weighted by Gasteiger charge is 2.35. The zero-order valence-electron chi connectivity index (χ0n) is 13.4. The molecule has 0 spiro atoms. The van der Waals surface area contributed by atoms with Crippen LogP contribution in [0.4, 0.5) is 11.4 Å². The van der Waals surface area contributed by atoms with Crippen molar-refractivity contribution in [2.75, 3.05) is 4.90 Å². The third kappa shape index (κ3) is 2.00. The van der Waals surface area contributed by atoms with E-state index in [-0.39, 0.29) is 0 Å². The lowest BCUT2D eigenvalue weighted by Gasteiger charge is -2.29. The molecule has 1 heterocycles. The SMILES string of the molecule is CC1=CCC2C(=C1)c1cc(C)ccc1N2c1ccc(C)cc1. The Labute approximate surface area is 132 Å². The molecule has 22 heavy (non-hydrogen) atoms. The zero-order chi connectivity index (χ0) is 15.3. The summed E-state index contributed by atoms with van der Waals surface area (Å²) in [6.07, 6.45) is 5.80. The van der Waals surface area contributed by atoms with Gasteiger partial charge in [0.05, 0.1) is 6.04 Å². The molecule has 2 aliphatic rings.